The molecular weight excluding hydrogens is 401 g/mol. The minimum Gasteiger partial charge on any atom is -0.493 e. The standard InChI is InChI=1S/C25H28FNO2.ClH/c1-3-7-23(21-8-5-4-6-9-21)27-17-20-12-15-24(25(16-20)28-2)29-18-19-10-13-22(26)14-11-19;/h4-6,8-16,23,27H,3,7,17-18H2,1-2H3;1H. The fourth-order valence-electron chi connectivity index (χ4n) is 3.28. The van der Waals surface area contributed by atoms with Gasteiger partial charge in [-0.25, -0.2) is 4.39 Å². The highest BCUT2D eigenvalue weighted by Gasteiger charge is 2.11. The molecule has 0 aliphatic rings. The van der Waals surface area contributed by atoms with Crippen LogP contribution in [-0.2, 0) is 13.2 Å². The third kappa shape index (κ3) is 6.75. The molecule has 0 spiro atoms. The summed E-state index contributed by atoms with van der Waals surface area (Å²) in [5.74, 6) is 1.12. The number of nitrogens with one attached hydrogen (secondary N) is 1. The zero-order valence-corrected chi connectivity index (χ0v) is 18.3. The van der Waals surface area contributed by atoms with E-state index >= 15 is 0 Å². The Labute approximate surface area is 184 Å². The Bertz CT molecular complexity index is 887. The van der Waals surface area contributed by atoms with Crippen LogP contribution < -0.4 is 14.8 Å². The van der Waals surface area contributed by atoms with Crippen molar-refractivity contribution in [3.63, 3.8) is 0 Å². The number of benzene rings is 3. The zero-order chi connectivity index (χ0) is 20.5. The molecule has 0 aliphatic carbocycles. The van der Waals surface area contributed by atoms with E-state index in [0.29, 0.717) is 24.1 Å². The number of hydrogen-bond donors (Lipinski definition) is 1. The second-order valence-electron chi connectivity index (χ2n) is 7.03. The first-order valence-electron chi connectivity index (χ1n) is 10.0. The molecule has 3 aromatic rings. The lowest BCUT2D eigenvalue weighted by Crippen LogP contribution is -2.20. The van der Waals surface area contributed by atoms with Crippen molar-refractivity contribution in [1.29, 1.82) is 0 Å². The summed E-state index contributed by atoms with van der Waals surface area (Å²) in [6.45, 7) is 3.31. The van der Waals surface area contributed by atoms with Crippen LogP contribution in [0.4, 0.5) is 4.39 Å². The zero-order valence-electron chi connectivity index (χ0n) is 17.4. The van der Waals surface area contributed by atoms with Gasteiger partial charge in [-0.15, -0.1) is 12.4 Å². The molecule has 0 saturated heterocycles. The van der Waals surface area contributed by atoms with Crippen molar-refractivity contribution in [2.24, 2.45) is 0 Å². The predicted molar refractivity (Wildman–Crippen MR) is 122 cm³/mol. The number of ether oxygens (including phenoxy) is 2. The SMILES string of the molecule is CCCC(NCc1ccc(OCc2ccc(F)cc2)c(OC)c1)c1ccccc1.Cl. The number of methoxy groups -OCH3 is 1. The van der Waals surface area contributed by atoms with Crippen molar-refractivity contribution < 1.29 is 13.9 Å². The summed E-state index contributed by atoms with van der Waals surface area (Å²) in [6, 6.07) is 23.1. The monoisotopic (exact) mass is 429 g/mol. The molecular formula is C25H29ClFNO2. The summed E-state index contributed by atoms with van der Waals surface area (Å²) < 4.78 is 24.4. The van der Waals surface area contributed by atoms with E-state index in [1.165, 1.54) is 17.7 Å². The van der Waals surface area contributed by atoms with Gasteiger partial charge in [0.05, 0.1) is 7.11 Å². The van der Waals surface area contributed by atoms with E-state index in [2.05, 4.69) is 36.5 Å². The minimum atomic E-state index is -0.250. The summed E-state index contributed by atoms with van der Waals surface area (Å²) in [6.07, 6.45) is 2.20. The van der Waals surface area contributed by atoms with Gasteiger partial charge in [-0.2, -0.15) is 0 Å². The molecule has 30 heavy (non-hydrogen) atoms. The first kappa shape index (κ1) is 23.7. The van der Waals surface area contributed by atoms with E-state index in [1.54, 1.807) is 19.2 Å². The summed E-state index contributed by atoms with van der Waals surface area (Å²) in [5, 5.41) is 3.66. The maximum atomic E-state index is 13.0. The highest BCUT2D eigenvalue weighted by molar-refractivity contribution is 5.85. The van der Waals surface area contributed by atoms with Gasteiger partial charge in [0.2, 0.25) is 0 Å². The van der Waals surface area contributed by atoms with E-state index in [9.17, 15) is 4.39 Å². The molecule has 3 nitrogen and oxygen atoms in total. The molecule has 3 aromatic carbocycles. The minimum absolute atomic E-state index is 0. The molecule has 0 aliphatic heterocycles. The molecule has 0 aromatic heterocycles. The van der Waals surface area contributed by atoms with Gasteiger partial charge in [0.15, 0.2) is 11.5 Å². The lowest BCUT2D eigenvalue weighted by molar-refractivity contribution is 0.284. The molecule has 1 N–H and O–H groups in total. The van der Waals surface area contributed by atoms with E-state index < -0.39 is 0 Å². The second kappa shape index (κ2) is 12.2. The van der Waals surface area contributed by atoms with Crippen molar-refractivity contribution in [1.82, 2.24) is 5.32 Å². The fraction of sp³-hybridized carbons (Fsp3) is 0.280. The number of hydrogen-bond acceptors (Lipinski definition) is 3. The third-order valence-corrected chi connectivity index (χ3v) is 4.87. The van der Waals surface area contributed by atoms with Crippen LogP contribution >= 0.6 is 12.4 Å². The van der Waals surface area contributed by atoms with Gasteiger partial charge >= 0.3 is 0 Å². The highest BCUT2D eigenvalue weighted by atomic mass is 35.5. The van der Waals surface area contributed by atoms with Crippen LogP contribution in [0.25, 0.3) is 0 Å². The van der Waals surface area contributed by atoms with Gasteiger partial charge in [0.1, 0.15) is 12.4 Å². The largest absolute Gasteiger partial charge is 0.493 e. The van der Waals surface area contributed by atoms with Crippen LogP contribution in [0, 0.1) is 5.82 Å². The van der Waals surface area contributed by atoms with Gasteiger partial charge in [-0.05, 0) is 47.4 Å². The molecule has 0 fully saturated rings. The van der Waals surface area contributed by atoms with E-state index in [-0.39, 0.29) is 18.2 Å². The number of halogens is 2. The van der Waals surface area contributed by atoms with Crippen LogP contribution in [0.15, 0.2) is 72.8 Å². The lowest BCUT2D eigenvalue weighted by atomic mass is 10.0. The van der Waals surface area contributed by atoms with Gasteiger partial charge in [-0.1, -0.05) is 61.9 Å². The van der Waals surface area contributed by atoms with Gasteiger partial charge < -0.3 is 14.8 Å². The Morgan fingerprint density at radius 3 is 2.27 bits per heavy atom. The summed E-state index contributed by atoms with van der Waals surface area (Å²) >= 11 is 0. The first-order chi connectivity index (χ1) is 14.2. The van der Waals surface area contributed by atoms with Crippen molar-refractivity contribution in [2.75, 3.05) is 7.11 Å². The molecule has 160 valence electrons. The van der Waals surface area contributed by atoms with Crippen molar-refractivity contribution >= 4 is 12.4 Å². The molecule has 0 amide bonds. The molecule has 0 radical (unpaired) electrons. The Morgan fingerprint density at radius 2 is 1.60 bits per heavy atom. The lowest BCUT2D eigenvalue weighted by Gasteiger charge is -2.19. The van der Waals surface area contributed by atoms with Crippen LogP contribution in [0.3, 0.4) is 0 Å². The summed E-state index contributed by atoms with van der Waals surface area (Å²) in [7, 11) is 1.64. The molecule has 0 heterocycles. The Hall–Kier alpha value is -2.56. The predicted octanol–water partition coefficient (Wildman–Crippen LogP) is 6.47. The third-order valence-electron chi connectivity index (χ3n) is 4.87. The molecule has 5 heteroatoms. The maximum absolute atomic E-state index is 13.0. The highest BCUT2D eigenvalue weighted by Crippen LogP contribution is 2.29. The average Bonchev–Trinajstić information content (AvgIpc) is 2.77. The van der Waals surface area contributed by atoms with Crippen LogP contribution in [-0.4, -0.2) is 7.11 Å². The van der Waals surface area contributed by atoms with Crippen molar-refractivity contribution in [2.45, 2.75) is 39.0 Å². The Kier molecular flexibility index (Phi) is 9.65. The van der Waals surface area contributed by atoms with Crippen molar-refractivity contribution in [3.8, 4) is 11.5 Å². The Balaban J connectivity index is 0.00000320. The summed E-state index contributed by atoms with van der Waals surface area (Å²) in [5.41, 5.74) is 3.35. The normalized spacial score (nSPS) is 11.4. The topological polar surface area (TPSA) is 30.5 Å². The molecule has 1 unspecified atom stereocenters. The van der Waals surface area contributed by atoms with E-state index in [0.717, 1.165) is 30.5 Å². The summed E-state index contributed by atoms with van der Waals surface area (Å²) in [4.78, 5) is 0. The average molecular weight is 430 g/mol. The second-order valence-corrected chi connectivity index (χ2v) is 7.03. The molecule has 0 bridgehead atoms. The van der Waals surface area contributed by atoms with Crippen LogP contribution in [0.5, 0.6) is 11.5 Å². The fourth-order valence-corrected chi connectivity index (χ4v) is 3.28. The maximum Gasteiger partial charge on any atom is 0.161 e. The number of rotatable bonds is 10. The first-order valence-corrected chi connectivity index (χ1v) is 10.0. The van der Waals surface area contributed by atoms with Gasteiger partial charge in [-0.3, -0.25) is 0 Å². The van der Waals surface area contributed by atoms with Gasteiger partial charge in [0, 0.05) is 12.6 Å². The van der Waals surface area contributed by atoms with Crippen LogP contribution in [0.1, 0.15) is 42.5 Å². The van der Waals surface area contributed by atoms with E-state index in [1.807, 2.05) is 24.3 Å². The molecule has 0 saturated carbocycles. The van der Waals surface area contributed by atoms with Crippen molar-refractivity contribution in [3.05, 3.63) is 95.3 Å². The molecule has 3 rings (SSSR count). The smallest absolute Gasteiger partial charge is 0.161 e. The quantitative estimate of drug-likeness (QED) is 0.400. The van der Waals surface area contributed by atoms with Gasteiger partial charge in [0.25, 0.3) is 0 Å². The molecule has 1 atom stereocenters. The Morgan fingerprint density at radius 1 is 0.900 bits per heavy atom. The van der Waals surface area contributed by atoms with E-state index in [4.69, 9.17) is 9.47 Å². The van der Waals surface area contributed by atoms with Crippen LogP contribution in [0.2, 0.25) is 0 Å².